The van der Waals surface area contributed by atoms with Crippen molar-refractivity contribution in [1.82, 2.24) is 0 Å². The molecule has 0 saturated heterocycles. The molecule has 0 amide bonds. The predicted molar refractivity (Wildman–Crippen MR) is 87.6 cm³/mol. The summed E-state index contributed by atoms with van der Waals surface area (Å²) in [6.07, 6.45) is 0.639. The molecule has 0 saturated carbocycles. The SMILES string of the molecule is COc1cc(C(C)(C)C)c(OCCCO)cc1C(C)(C)C. The standard InChI is InChI=1S/C18H30O3/c1-17(2,3)13-12-16(21-10-8-9-19)14(18(4,5)6)11-15(13)20-7/h11-12,19H,8-10H2,1-7H3. The Balaban J connectivity index is 3.35. The van der Waals surface area contributed by atoms with E-state index in [2.05, 4.69) is 53.7 Å². The van der Waals surface area contributed by atoms with E-state index in [9.17, 15) is 0 Å². The average molecular weight is 294 g/mol. The van der Waals surface area contributed by atoms with Gasteiger partial charge in [-0.3, -0.25) is 0 Å². The topological polar surface area (TPSA) is 38.7 Å². The van der Waals surface area contributed by atoms with Crippen LogP contribution in [0.5, 0.6) is 11.5 Å². The molecule has 0 fully saturated rings. The summed E-state index contributed by atoms with van der Waals surface area (Å²) in [5, 5.41) is 8.94. The molecule has 1 N–H and O–H groups in total. The summed E-state index contributed by atoms with van der Waals surface area (Å²) in [6, 6.07) is 4.19. The number of aliphatic hydroxyl groups excluding tert-OH is 1. The number of hydrogen-bond donors (Lipinski definition) is 1. The molecule has 1 aromatic carbocycles. The van der Waals surface area contributed by atoms with Gasteiger partial charge in [0.2, 0.25) is 0 Å². The van der Waals surface area contributed by atoms with Crippen LogP contribution in [0.15, 0.2) is 12.1 Å². The first-order valence-electron chi connectivity index (χ1n) is 7.58. The molecule has 0 aromatic heterocycles. The van der Waals surface area contributed by atoms with E-state index >= 15 is 0 Å². The van der Waals surface area contributed by atoms with Crippen LogP contribution in [-0.2, 0) is 10.8 Å². The van der Waals surface area contributed by atoms with Gasteiger partial charge >= 0.3 is 0 Å². The normalized spacial score (nSPS) is 12.4. The van der Waals surface area contributed by atoms with Crippen molar-refractivity contribution < 1.29 is 14.6 Å². The molecule has 21 heavy (non-hydrogen) atoms. The van der Waals surface area contributed by atoms with Crippen LogP contribution in [0.2, 0.25) is 0 Å². The van der Waals surface area contributed by atoms with Crippen LogP contribution in [0.3, 0.4) is 0 Å². The quantitative estimate of drug-likeness (QED) is 0.833. The summed E-state index contributed by atoms with van der Waals surface area (Å²) in [5.41, 5.74) is 2.22. The molecule has 0 bridgehead atoms. The maximum absolute atomic E-state index is 8.94. The smallest absolute Gasteiger partial charge is 0.123 e. The highest BCUT2D eigenvalue weighted by molar-refractivity contribution is 5.51. The number of rotatable bonds is 5. The van der Waals surface area contributed by atoms with Crippen LogP contribution in [-0.4, -0.2) is 25.4 Å². The van der Waals surface area contributed by atoms with Gasteiger partial charge in [0.15, 0.2) is 0 Å². The minimum absolute atomic E-state index is 0.0170. The first-order valence-corrected chi connectivity index (χ1v) is 7.58. The molecular formula is C18H30O3. The van der Waals surface area contributed by atoms with Gasteiger partial charge in [0, 0.05) is 24.2 Å². The monoisotopic (exact) mass is 294 g/mol. The average Bonchev–Trinajstić information content (AvgIpc) is 2.36. The van der Waals surface area contributed by atoms with E-state index in [1.807, 2.05) is 0 Å². The van der Waals surface area contributed by atoms with Gasteiger partial charge in [-0.2, -0.15) is 0 Å². The van der Waals surface area contributed by atoms with Gasteiger partial charge < -0.3 is 14.6 Å². The van der Waals surface area contributed by atoms with Gasteiger partial charge in [0.05, 0.1) is 13.7 Å². The van der Waals surface area contributed by atoms with Gasteiger partial charge in [-0.05, 0) is 23.0 Å². The molecule has 0 aliphatic rings. The number of benzene rings is 1. The van der Waals surface area contributed by atoms with E-state index in [0.717, 1.165) is 22.6 Å². The third kappa shape index (κ3) is 4.63. The molecule has 0 aliphatic carbocycles. The fraction of sp³-hybridized carbons (Fsp3) is 0.667. The van der Waals surface area contributed by atoms with Crippen molar-refractivity contribution in [2.75, 3.05) is 20.3 Å². The summed E-state index contributed by atoms with van der Waals surface area (Å²) in [6.45, 7) is 13.7. The van der Waals surface area contributed by atoms with E-state index in [1.54, 1.807) is 7.11 Å². The maximum atomic E-state index is 8.94. The van der Waals surface area contributed by atoms with Gasteiger partial charge in [-0.25, -0.2) is 0 Å². The lowest BCUT2D eigenvalue weighted by Crippen LogP contribution is -2.18. The lowest BCUT2D eigenvalue weighted by atomic mass is 9.81. The largest absolute Gasteiger partial charge is 0.496 e. The zero-order valence-corrected chi connectivity index (χ0v) is 14.5. The third-order valence-electron chi connectivity index (χ3n) is 3.48. The summed E-state index contributed by atoms with van der Waals surface area (Å²) >= 11 is 0. The third-order valence-corrected chi connectivity index (χ3v) is 3.48. The minimum Gasteiger partial charge on any atom is -0.496 e. The first kappa shape index (κ1) is 17.8. The molecule has 0 spiro atoms. The highest BCUT2D eigenvalue weighted by Crippen LogP contribution is 2.41. The Labute approximate surface area is 129 Å². The molecule has 0 radical (unpaired) electrons. The molecule has 0 heterocycles. The van der Waals surface area contributed by atoms with Crippen molar-refractivity contribution in [3.8, 4) is 11.5 Å². The Kier molecular flexibility index (Phi) is 5.68. The van der Waals surface area contributed by atoms with Crippen LogP contribution >= 0.6 is 0 Å². The molecule has 1 rings (SSSR count). The van der Waals surface area contributed by atoms with Gasteiger partial charge in [-0.15, -0.1) is 0 Å². The van der Waals surface area contributed by atoms with Gasteiger partial charge in [0.1, 0.15) is 11.5 Å². The summed E-state index contributed by atoms with van der Waals surface area (Å²) in [4.78, 5) is 0. The molecule has 3 heteroatoms. The Morgan fingerprint density at radius 3 is 1.81 bits per heavy atom. The molecule has 0 atom stereocenters. The van der Waals surface area contributed by atoms with Crippen molar-refractivity contribution in [2.24, 2.45) is 0 Å². The second kappa shape index (κ2) is 6.69. The predicted octanol–water partition coefficient (Wildman–Crippen LogP) is 4.05. The maximum Gasteiger partial charge on any atom is 0.123 e. The van der Waals surface area contributed by atoms with E-state index < -0.39 is 0 Å². The fourth-order valence-corrected chi connectivity index (χ4v) is 2.27. The van der Waals surface area contributed by atoms with Crippen LogP contribution in [0.4, 0.5) is 0 Å². The molecule has 1 aromatic rings. The second-order valence-electron chi connectivity index (χ2n) is 7.47. The zero-order valence-electron chi connectivity index (χ0n) is 14.5. The first-order chi connectivity index (χ1) is 9.61. The molecule has 120 valence electrons. The number of hydrogen-bond acceptors (Lipinski definition) is 3. The highest BCUT2D eigenvalue weighted by atomic mass is 16.5. The van der Waals surface area contributed by atoms with Crippen molar-refractivity contribution >= 4 is 0 Å². The fourth-order valence-electron chi connectivity index (χ4n) is 2.27. The van der Waals surface area contributed by atoms with Gasteiger partial charge in [0.25, 0.3) is 0 Å². The molecule has 0 aliphatic heterocycles. The Morgan fingerprint density at radius 1 is 0.905 bits per heavy atom. The van der Waals surface area contributed by atoms with Crippen molar-refractivity contribution in [2.45, 2.75) is 58.8 Å². The highest BCUT2D eigenvalue weighted by Gasteiger charge is 2.26. The van der Waals surface area contributed by atoms with Crippen molar-refractivity contribution in [1.29, 1.82) is 0 Å². The number of ether oxygens (including phenoxy) is 2. The van der Waals surface area contributed by atoms with Crippen molar-refractivity contribution in [3.63, 3.8) is 0 Å². The van der Waals surface area contributed by atoms with Crippen LogP contribution < -0.4 is 9.47 Å². The molecular weight excluding hydrogens is 264 g/mol. The van der Waals surface area contributed by atoms with E-state index in [0.29, 0.717) is 13.0 Å². The minimum atomic E-state index is -0.0295. The van der Waals surface area contributed by atoms with Crippen LogP contribution in [0, 0.1) is 0 Å². The lowest BCUT2D eigenvalue weighted by molar-refractivity contribution is 0.230. The summed E-state index contributed by atoms with van der Waals surface area (Å²) < 4.78 is 11.5. The number of methoxy groups -OCH3 is 1. The Bertz CT molecular complexity index is 465. The Hall–Kier alpha value is -1.22. The van der Waals surface area contributed by atoms with E-state index in [1.165, 1.54) is 0 Å². The van der Waals surface area contributed by atoms with E-state index in [-0.39, 0.29) is 17.4 Å². The lowest BCUT2D eigenvalue weighted by Gasteiger charge is -2.28. The molecule has 0 unspecified atom stereocenters. The van der Waals surface area contributed by atoms with Gasteiger partial charge in [-0.1, -0.05) is 41.5 Å². The Morgan fingerprint density at radius 2 is 1.38 bits per heavy atom. The van der Waals surface area contributed by atoms with E-state index in [4.69, 9.17) is 14.6 Å². The summed E-state index contributed by atoms with van der Waals surface area (Å²) in [7, 11) is 1.71. The zero-order chi connectivity index (χ0) is 16.3. The summed E-state index contributed by atoms with van der Waals surface area (Å²) in [5.74, 6) is 1.80. The van der Waals surface area contributed by atoms with Crippen molar-refractivity contribution in [3.05, 3.63) is 23.3 Å². The van der Waals surface area contributed by atoms with Crippen LogP contribution in [0.1, 0.15) is 59.1 Å². The number of aliphatic hydroxyl groups is 1. The molecule has 3 nitrogen and oxygen atoms in total. The second-order valence-corrected chi connectivity index (χ2v) is 7.47. The van der Waals surface area contributed by atoms with Crippen LogP contribution in [0.25, 0.3) is 0 Å².